The lowest BCUT2D eigenvalue weighted by Crippen LogP contribution is -2.28. The highest BCUT2D eigenvalue weighted by molar-refractivity contribution is 7.89. The Hall–Kier alpha value is -1.38. The summed E-state index contributed by atoms with van der Waals surface area (Å²) in [5.74, 6) is -5.03. The lowest BCUT2D eigenvalue weighted by molar-refractivity contribution is 0.162. The molecule has 0 heterocycles. The van der Waals surface area contributed by atoms with E-state index < -0.39 is 32.4 Å². The highest BCUT2D eigenvalue weighted by Gasteiger charge is 2.23. The van der Waals surface area contributed by atoms with Gasteiger partial charge in [-0.05, 0) is 19.1 Å². The first-order valence-electron chi connectivity index (χ1n) is 5.61. The van der Waals surface area contributed by atoms with Crippen molar-refractivity contribution in [3.8, 4) is 0 Å². The Morgan fingerprint density at radius 1 is 1.30 bits per heavy atom. The molecule has 0 aliphatic heterocycles. The Morgan fingerprint density at radius 3 is 2.55 bits per heavy atom. The highest BCUT2D eigenvalue weighted by atomic mass is 32.2. The van der Waals surface area contributed by atoms with E-state index in [9.17, 15) is 21.6 Å². The molecule has 0 saturated heterocycles. The van der Waals surface area contributed by atoms with Gasteiger partial charge in [0, 0.05) is 6.54 Å². The molecular weight excluding hydrogens is 295 g/mol. The zero-order valence-corrected chi connectivity index (χ0v) is 11.6. The lowest BCUT2D eigenvalue weighted by atomic mass is 10.3. The number of hydrogen-bond donors (Lipinski definition) is 1. The van der Waals surface area contributed by atoms with Gasteiger partial charge in [-0.25, -0.2) is 26.3 Å². The maximum Gasteiger partial charge on any atom is 0.243 e. The molecule has 0 amide bonds. The fourth-order valence-corrected chi connectivity index (χ4v) is 2.37. The minimum Gasteiger partial charge on any atom is -0.376 e. The SMILES string of the molecule is C=C(C)COCCNS(=O)(=O)c1ccc(F)c(F)c1F. The standard InChI is InChI=1S/C12H14F3NO3S/c1-8(2)7-19-6-5-16-20(17,18)10-4-3-9(13)11(14)12(10)15/h3-4,16H,1,5-7H2,2H3. The first-order valence-corrected chi connectivity index (χ1v) is 7.09. The van der Waals surface area contributed by atoms with Crippen molar-refractivity contribution in [2.24, 2.45) is 0 Å². The highest BCUT2D eigenvalue weighted by Crippen LogP contribution is 2.19. The molecular formula is C12H14F3NO3S. The summed E-state index contributed by atoms with van der Waals surface area (Å²) < 4.78 is 69.5. The van der Waals surface area contributed by atoms with Crippen molar-refractivity contribution in [3.63, 3.8) is 0 Å². The van der Waals surface area contributed by atoms with E-state index in [0.29, 0.717) is 12.1 Å². The van der Waals surface area contributed by atoms with Gasteiger partial charge in [0.1, 0.15) is 4.90 Å². The van der Waals surface area contributed by atoms with Gasteiger partial charge < -0.3 is 4.74 Å². The molecule has 0 unspecified atom stereocenters. The first kappa shape index (κ1) is 16.7. The van der Waals surface area contributed by atoms with Crippen molar-refractivity contribution in [2.75, 3.05) is 19.8 Å². The number of rotatable bonds is 7. The van der Waals surface area contributed by atoms with Crippen LogP contribution in [0, 0.1) is 17.5 Å². The lowest BCUT2D eigenvalue weighted by Gasteiger charge is -2.09. The molecule has 0 spiro atoms. The summed E-state index contributed by atoms with van der Waals surface area (Å²) >= 11 is 0. The van der Waals surface area contributed by atoms with Gasteiger partial charge in [-0.3, -0.25) is 0 Å². The maximum atomic E-state index is 13.4. The number of sulfonamides is 1. The van der Waals surface area contributed by atoms with E-state index >= 15 is 0 Å². The molecule has 0 aliphatic carbocycles. The molecule has 1 aromatic rings. The van der Waals surface area contributed by atoms with Crippen molar-refractivity contribution >= 4 is 10.0 Å². The molecule has 0 saturated carbocycles. The van der Waals surface area contributed by atoms with Gasteiger partial charge in [0.2, 0.25) is 10.0 Å². The van der Waals surface area contributed by atoms with Crippen molar-refractivity contribution in [2.45, 2.75) is 11.8 Å². The Morgan fingerprint density at radius 2 is 1.95 bits per heavy atom. The van der Waals surface area contributed by atoms with Crippen LogP contribution in [0.1, 0.15) is 6.92 Å². The third-order valence-electron chi connectivity index (χ3n) is 2.18. The Labute approximate surface area is 115 Å². The molecule has 1 N–H and O–H groups in total. The molecule has 0 radical (unpaired) electrons. The zero-order valence-electron chi connectivity index (χ0n) is 10.8. The van der Waals surface area contributed by atoms with Crippen LogP contribution in [-0.4, -0.2) is 28.2 Å². The third-order valence-corrected chi connectivity index (χ3v) is 3.65. The molecule has 1 rings (SSSR count). The minimum atomic E-state index is -4.27. The quantitative estimate of drug-likeness (QED) is 0.476. The summed E-state index contributed by atoms with van der Waals surface area (Å²) in [5, 5.41) is 0. The molecule has 0 fully saturated rings. The van der Waals surface area contributed by atoms with E-state index in [2.05, 4.69) is 6.58 Å². The second-order valence-electron chi connectivity index (χ2n) is 4.08. The second kappa shape index (κ2) is 6.87. The van der Waals surface area contributed by atoms with Gasteiger partial charge in [-0.1, -0.05) is 12.2 Å². The summed E-state index contributed by atoms with van der Waals surface area (Å²) in [7, 11) is -4.27. The van der Waals surface area contributed by atoms with Crippen molar-refractivity contribution < 1.29 is 26.3 Å². The Bertz CT molecular complexity index is 602. The minimum absolute atomic E-state index is 0.0391. The molecule has 0 aromatic heterocycles. The van der Waals surface area contributed by atoms with E-state index in [4.69, 9.17) is 4.74 Å². The van der Waals surface area contributed by atoms with E-state index in [1.165, 1.54) is 0 Å². The average Bonchev–Trinajstić information content (AvgIpc) is 2.34. The molecule has 4 nitrogen and oxygen atoms in total. The Balaban J connectivity index is 2.70. The number of benzene rings is 1. The summed E-state index contributed by atoms with van der Waals surface area (Å²) in [6.45, 7) is 5.50. The predicted molar refractivity (Wildman–Crippen MR) is 67.1 cm³/mol. The molecule has 0 atom stereocenters. The number of hydrogen-bond acceptors (Lipinski definition) is 3. The maximum absolute atomic E-state index is 13.4. The van der Waals surface area contributed by atoms with Crippen molar-refractivity contribution in [1.82, 2.24) is 4.72 Å². The van der Waals surface area contributed by atoms with E-state index in [1.807, 2.05) is 4.72 Å². The first-order chi connectivity index (χ1) is 9.25. The van der Waals surface area contributed by atoms with Crippen molar-refractivity contribution in [3.05, 3.63) is 41.7 Å². The smallest absolute Gasteiger partial charge is 0.243 e. The predicted octanol–water partition coefficient (Wildman–Crippen LogP) is 1.97. The number of ether oxygens (including phenoxy) is 1. The normalized spacial score (nSPS) is 11.6. The van der Waals surface area contributed by atoms with Crippen LogP contribution in [0.5, 0.6) is 0 Å². The topological polar surface area (TPSA) is 55.4 Å². The second-order valence-corrected chi connectivity index (χ2v) is 5.82. The molecule has 8 heteroatoms. The van der Waals surface area contributed by atoms with Crippen LogP contribution in [-0.2, 0) is 14.8 Å². The van der Waals surface area contributed by atoms with Gasteiger partial charge in [-0.15, -0.1) is 0 Å². The summed E-state index contributed by atoms with van der Waals surface area (Å²) in [6.07, 6.45) is 0. The zero-order chi connectivity index (χ0) is 15.3. The fourth-order valence-electron chi connectivity index (χ4n) is 1.29. The number of halogens is 3. The fraction of sp³-hybridized carbons (Fsp3) is 0.333. The van der Waals surface area contributed by atoms with Crippen LogP contribution in [0.2, 0.25) is 0 Å². The van der Waals surface area contributed by atoms with Crippen LogP contribution in [0.3, 0.4) is 0 Å². The van der Waals surface area contributed by atoms with E-state index in [1.54, 1.807) is 6.92 Å². The van der Waals surface area contributed by atoms with Crippen LogP contribution in [0.15, 0.2) is 29.2 Å². The molecule has 1 aromatic carbocycles. The summed E-state index contributed by atoms with van der Waals surface area (Å²) in [4.78, 5) is -0.948. The van der Waals surface area contributed by atoms with Crippen LogP contribution >= 0.6 is 0 Å². The molecule has 112 valence electrons. The number of nitrogens with one attached hydrogen (secondary N) is 1. The molecule has 0 aliphatic rings. The van der Waals surface area contributed by atoms with Crippen LogP contribution in [0.25, 0.3) is 0 Å². The third kappa shape index (κ3) is 4.32. The Kier molecular flexibility index (Phi) is 5.73. The van der Waals surface area contributed by atoms with Gasteiger partial charge in [-0.2, -0.15) is 0 Å². The van der Waals surface area contributed by atoms with E-state index in [-0.39, 0.29) is 19.8 Å². The van der Waals surface area contributed by atoms with Crippen LogP contribution < -0.4 is 4.72 Å². The average molecular weight is 309 g/mol. The van der Waals surface area contributed by atoms with Crippen molar-refractivity contribution in [1.29, 1.82) is 0 Å². The summed E-state index contributed by atoms with van der Waals surface area (Å²) in [6, 6.07) is 1.20. The van der Waals surface area contributed by atoms with E-state index in [0.717, 1.165) is 5.57 Å². The largest absolute Gasteiger partial charge is 0.376 e. The van der Waals surface area contributed by atoms with Gasteiger partial charge in [0.05, 0.1) is 13.2 Å². The van der Waals surface area contributed by atoms with Gasteiger partial charge in [0.15, 0.2) is 17.5 Å². The van der Waals surface area contributed by atoms with Gasteiger partial charge >= 0.3 is 0 Å². The summed E-state index contributed by atoms with van der Waals surface area (Å²) in [5.41, 5.74) is 0.763. The molecule has 0 bridgehead atoms. The van der Waals surface area contributed by atoms with Gasteiger partial charge in [0.25, 0.3) is 0 Å². The monoisotopic (exact) mass is 309 g/mol. The molecule has 20 heavy (non-hydrogen) atoms. The van der Waals surface area contributed by atoms with Crippen LogP contribution in [0.4, 0.5) is 13.2 Å².